The van der Waals surface area contributed by atoms with Gasteiger partial charge >= 0.3 is 5.56 Å². The molecule has 2 heterocycles. The molecule has 3 aromatic rings. The van der Waals surface area contributed by atoms with Crippen molar-refractivity contribution >= 4 is 27.3 Å². The van der Waals surface area contributed by atoms with Crippen molar-refractivity contribution in [3.05, 3.63) is 80.7 Å². The van der Waals surface area contributed by atoms with Gasteiger partial charge in [-0.3, -0.25) is 4.79 Å². The number of aromatic nitrogens is 2. The van der Waals surface area contributed by atoms with Crippen molar-refractivity contribution in [3.8, 4) is 11.4 Å². The van der Waals surface area contributed by atoms with Crippen molar-refractivity contribution in [2.45, 2.75) is 38.0 Å². The number of hydrogen-bond donors (Lipinski definition) is 0. The number of nitrogens with zero attached hydrogens (tertiary/aromatic N) is 4. The summed E-state index contributed by atoms with van der Waals surface area (Å²) >= 11 is 6.12. The number of hydrogen-bond acceptors (Lipinski definition) is 6. The predicted octanol–water partition coefficient (Wildman–Crippen LogP) is 3.57. The minimum atomic E-state index is -3.42. The normalized spacial score (nSPS) is 16.7. The van der Waals surface area contributed by atoms with Crippen LogP contribution in [-0.2, 0) is 22.9 Å². The average Bonchev–Trinajstić information content (AvgIpc) is 3.33. The van der Waals surface area contributed by atoms with Crippen molar-refractivity contribution in [2.75, 3.05) is 31.1 Å². The van der Waals surface area contributed by atoms with Crippen molar-refractivity contribution in [1.29, 1.82) is 0 Å². The minimum absolute atomic E-state index is 0.0150. The first-order chi connectivity index (χ1) is 18.1. The Morgan fingerprint density at radius 2 is 1.66 bits per heavy atom. The molecule has 2 aliphatic rings. The Bertz CT molecular complexity index is 1510. The van der Waals surface area contributed by atoms with E-state index >= 15 is 0 Å². The number of ether oxygens (including phenoxy) is 1. The second-order valence-corrected chi connectivity index (χ2v) is 12.6. The lowest BCUT2D eigenvalue weighted by Crippen LogP contribution is -2.50. The first-order valence-corrected chi connectivity index (χ1v) is 14.2. The maximum absolute atomic E-state index is 14.4. The number of sulfonamides is 1. The van der Waals surface area contributed by atoms with E-state index in [1.54, 1.807) is 38.1 Å². The number of anilines is 1. The van der Waals surface area contributed by atoms with E-state index in [0.717, 1.165) is 16.8 Å². The smallest absolute Gasteiger partial charge is 0.316 e. The van der Waals surface area contributed by atoms with E-state index in [0.29, 0.717) is 29.5 Å². The molecule has 1 saturated heterocycles. The molecule has 0 bridgehead atoms. The van der Waals surface area contributed by atoms with Crippen LogP contribution >= 0.6 is 11.6 Å². The molecule has 0 amide bonds. The van der Waals surface area contributed by atoms with Crippen molar-refractivity contribution in [1.82, 2.24) is 14.1 Å². The number of benzene rings is 2. The molecule has 1 fully saturated rings. The molecule has 202 valence electrons. The molecule has 8 nitrogen and oxygen atoms in total. The van der Waals surface area contributed by atoms with Crippen LogP contribution in [0.5, 0.6) is 5.75 Å². The second-order valence-electron chi connectivity index (χ2n) is 9.67. The molecule has 12 heteroatoms. The molecule has 2 aromatic carbocycles. The highest BCUT2D eigenvalue weighted by molar-refractivity contribution is 7.89. The van der Waals surface area contributed by atoms with Crippen LogP contribution in [0.3, 0.4) is 0 Å². The van der Waals surface area contributed by atoms with E-state index in [2.05, 4.69) is 5.10 Å². The van der Waals surface area contributed by atoms with Gasteiger partial charge in [-0.1, -0.05) is 17.7 Å². The summed E-state index contributed by atoms with van der Waals surface area (Å²) in [5.74, 6) is -1.04. The maximum atomic E-state index is 14.4. The van der Waals surface area contributed by atoms with Crippen LogP contribution < -0.4 is 15.2 Å². The molecule has 0 unspecified atom stereocenters. The van der Waals surface area contributed by atoms with Gasteiger partial charge in [-0.15, -0.1) is 0 Å². The summed E-state index contributed by atoms with van der Waals surface area (Å²) in [6, 6.07) is 8.80. The zero-order valence-electron chi connectivity index (χ0n) is 20.9. The average molecular weight is 565 g/mol. The third-order valence-electron chi connectivity index (χ3n) is 6.97. The van der Waals surface area contributed by atoms with E-state index < -0.39 is 38.6 Å². The Kier molecular flexibility index (Phi) is 7.19. The molecular formula is C26H27ClF2N4O4S. The lowest BCUT2D eigenvalue weighted by atomic mass is 10.1. The molecule has 0 spiro atoms. The van der Waals surface area contributed by atoms with Crippen molar-refractivity contribution in [3.63, 3.8) is 0 Å². The van der Waals surface area contributed by atoms with Crippen LogP contribution in [0, 0.1) is 11.6 Å². The lowest BCUT2D eigenvalue weighted by Gasteiger charge is -2.36. The van der Waals surface area contributed by atoms with Crippen LogP contribution in [0.15, 0.2) is 47.4 Å². The fraction of sp³-hybridized carbons (Fsp3) is 0.385. The van der Waals surface area contributed by atoms with Crippen LogP contribution in [0.4, 0.5) is 14.5 Å². The van der Waals surface area contributed by atoms with E-state index in [-0.39, 0.29) is 42.8 Å². The second kappa shape index (κ2) is 10.3. The van der Waals surface area contributed by atoms with Gasteiger partial charge in [-0.25, -0.2) is 17.2 Å². The number of piperazine rings is 1. The number of halogens is 3. The van der Waals surface area contributed by atoms with Gasteiger partial charge < -0.3 is 9.64 Å². The third kappa shape index (κ3) is 4.90. The standard InChI is InChI=1S/C26H27ClF2N4O4S/c1-16(2)38(35,36)32-10-8-31(9-11-32)24-15-30-33(18-5-3-4-17(27)12-18)26(34)25(24)37-19-13-20-21(14-19)23(29)7-6-22(20)28/h3-7,12,15-16,19H,8-11,13-14H2,1-2H3. The largest absolute Gasteiger partial charge is 0.482 e. The Hall–Kier alpha value is -3.02. The van der Waals surface area contributed by atoms with Crippen LogP contribution in [0.1, 0.15) is 25.0 Å². The quantitative estimate of drug-likeness (QED) is 0.455. The van der Waals surface area contributed by atoms with Gasteiger partial charge in [-0.2, -0.15) is 14.1 Å². The highest BCUT2D eigenvalue weighted by Gasteiger charge is 2.33. The summed E-state index contributed by atoms with van der Waals surface area (Å²) in [5.41, 5.74) is 0.755. The van der Waals surface area contributed by atoms with E-state index in [1.807, 2.05) is 4.90 Å². The molecule has 38 heavy (non-hydrogen) atoms. The molecular weight excluding hydrogens is 538 g/mol. The summed E-state index contributed by atoms with van der Waals surface area (Å²) in [5, 5.41) is 4.21. The number of rotatable bonds is 6. The zero-order valence-corrected chi connectivity index (χ0v) is 22.5. The van der Waals surface area contributed by atoms with Gasteiger partial charge in [0.05, 0.1) is 17.1 Å². The fourth-order valence-electron chi connectivity index (χ4n) is 4.89. The molecule has 5 rings (SSSR count). The van der Waals surface area contributed by atoms with Crippen LogP contribution in [0.25, 0.3) is 5.69 Å². The lowest BCUT2D eigenvalue weighted by molar-refractivity contribution is 0.208. The zero-order chi connectivity index (χ0) is 27.2. The van der Waals surface area contributed by atoms with Crippen molar-refractivity contribution < 1.29 is 21.9 Å². The SMILES string of the molecule is CC(C)S(=O)(=O)N1CCN(c2cnn(-c3cccc(Cl)c3)c(=O)c2OC2Cc3c(F)ccc(F)c3C2)CC1. The van der Waals surface area contributed by atoms with Crippen LogP contribution in [-0.4, -0.2) is 60.0 Å². The molecule has 0 atom stereocenters. The molecule has 0 saturated carbocycles. The minimum Gasteiger partial charge on any atom is -0.482 e. The van der Waals surface area contributed by atoms with Gasteiger partial charge in [0.15, 0.2) is 0 Å². The Labute approximate surface area is 224 Å². The Balaban J connectivity index is 1.49. The van der Waals surface area contributed by atoms with Gasteiger partial charge in [0.1, 0.15) is 23.4 Å². The van der Waals surface area contributed by atoms with Gasteiger partial charge in [-0.05, 0) is 55.3 Å². The monoisotopic (exact) mass is 564 g/mol. The number of fused-ring (bicyclic) bond motifs is 1. The molecule has 0 radical (unpaired) electrons. The highest BCUT2D eigenvalue weighted by Crippen LogP contribution is 2.33. The van der Waals surface area contributed by atoms with E-state index in [9.17, 15) is 22.0 Å². The van der Waals surface area contributed by atoms with Crippen molar-refractivity contribution in [2.24, 2.45) is 0 Å². The summed E-state index contributed by atoms with van der Waals surface area (Å²) in [7, 11) is -3.42. The molecule has 1 aliphatic heterocycles. The fourth-order valence-corrected chi connectivity index (χ4v) is 6.35. The summed E-state index contributed by atoms with van der Waals surface area (Å²) in [4.78, 5) is 15.6. The summed E-state index contributed by atoms with van der Waals surface area (Å²) < 4.78 is 62.8. The van der Waals surface area contributed by atoms with Gasteiger partial charge in [0.25, 0.3) is 0 Å². The highest BCUT2D eigenvalue weighted by atomic mass is 35.5. The van der Waals surface area contributed by atoms with Crippen LogP contribution in [0.2, 0.25) is 5.02 Å². The summed E-state index contributed by atoms with van der Waals surface area (Å²) in [6.07, 6.45) is 1.05. The van der Waals surface area contributed by atoms with Gasteiger partial charge in [0.2, 0.25) is 15.8 Å². The topological polar surface area (TPSA) is 84.7 Å². The Morgan fingerprint density at radius 3 is 2.24 bits per heavy atom. The predicted molar refractivity (Wildman–Crippen MR) is 141 cm³/mol. The molecule has 1 aromatic heterocycles. The third-order valence-corrected chi connectivity index (χ3v) is 9.48. The van der Waals surface area contributed by atoms with E-state index in [1.165, 1.54) is 10.5 Å². The van der Waals surface area contributed by atoms with Gasteiger partial charge in [0, 0.05) is 44.0 Å². The maximum Gasteiger partial charge on any atom is 0.316 e. The molecule has 0 N–H and O–H groups in total. The Morgan fingerprint density at radius 1 is 1.03 bits per heavy atom. The van der Waals surface area contributed by atoms with E-state index in [4.69, 9.17) is 16.3 Å². The first kappa shape index (κ1) is 26.6. The first-order valence-electron chi connectivity index (χ1n) is 12.3. The summed E-state index contributed by atoms with van der Waals surface area (Å²) in [6.45, 7) is 4.39. The molecule has 1 aliphatic carbocycles.